The number of fused-ring (bicyclic) bond motifs is 1. The Balaban J connectivity index is 1.60. The summed E-state index contributed by atoms with van der Waals surface area (Å²) in [6.07, 6.45) is 3.18. The summed E-state index contributed by atoms with van der Waals surface area (Å²) in [4.78, 5) is 28.6. The predicted octanol–water partition coefficient (Wildman–Crippen LogP) is 0.911. The van der Waals surface area contributed by atoms with Gasteiger partial charge in [-0.05, 0) is 30.3 Å². The third-order valence-corrected chi connectivity index (χ3v) is 6.97. The summed E-state index contributed by atoms with van der Waals surface area (Å²) < 4.78 is 32.3. The fourth-order valence-corrected chi connectivity index (χ4v) is 4.83. The smallest absolute Gasteiger partial charge is 0.257 e. The quantitative estimate of drug-likeness (QED) is 0.497. The minimum atomic E-state index is -3.76. The average Bonchev–Trinajstić information content (AvgIpc) is 3.21. The van der Waals surface area contributed by atoms with Crippen LogP contribution < -0.4 is 15.8 Å². The van der Waals surface area contributed by atoms with Crippen molar-refractivity contribution >= 4 is 27.7 Å². The number of carbonyl (C=O) groups excluding carboxylic acids is 2. The first-order valence-electron chi connectivity index (χ1n) is 9.56. The second kappa shape index (κ2) is 8.40. The van der Waals surface area contributed by atoms with Crippen molar-refractivity contribution in [1.82, 2.24) is 19.5 Å². The summed E-state index contributed by atoms with van der Waals surface area (Å²) in [6.45, 7) is 0.272. The molecule has 0 saturated carbocycles. The highest BCUT2D eigenvalue weighted by molar-refractivity contribution is 7.89. The largest absolute Gasteiger partial charge is 0.497 e. The van der Waals surface area contributed by atoms with Crippen LogP contribution in [0.3, 0.4) is 0 Å². The molecule has 0 aliphatic carbocycles. The summed E-state index contributed by atoms with van der Waals surface area (Å²) in [6, 6.07) is 7.36. The van der Waals surface area contributed by atoms with E-state index in [1.54, 1.807) is 6.07 Å². The first-order valence-corrected chi connectivity index (χ1v) is 11.0. The number of hydrogen-bond donors (Lipinski definition) is 3. The molecule has 0 spiro atoms. The van der Waals surface area contributed by atoms with Gasteiger partial charge in [-0.2, -0.15) is 9.40 Å². The van der Waals surface area contributed by atoms with Crippen LogP contribution in [0.15, 0.2) is 47.6 Å². The van der Waals surface area contributed by atoms with Crippen LogP contribution in [0.5, 0.6) is 5.75 Å². The van der Waals surface area contributed by atoms with Gasteiger partial charge in [-0.15, -0.1) is 0 Å². The number of anilines is 1. The Hall–Kier alpha value is -3.77. The van der Waals surface area contributed by atoms with Crippen molar-refractivity contribution < 1.29 is 22.7 Å². The lowest BCUT2D eigenvalue weighted by Gasteiger charge is -2.26. The molecule has 4 N–H and O–H groups in total. The van der Waals surface area contributed by atoms with Crippen LogP contribution in [0.1, 0.15) is 32.0 Å². The van der Waals surface area contributed by atoms with Crippen molar-refractivity contribution in [3.05, 3.63) is 65.1 Å². The molecule has 0 bridgehead atoms. The SMILES string of the molecule is COc1ccc(C(=O)Nc2n[nH]c3c2CN(S(=O)(=O)c2cccnc2)CC3)c(C(N)=O)c1. The predicted molar refractivity (Wildman–Crippen MR) is 114 cm³/mol. The highest BCUT2D eigenvalue weighted by Gasteiger charge is 2.32. The Bertz CT molecular complexity index is 1290. The number of methoxy groups -OCH3 is 1. The van der Waals surface area contributed by atoms with Gasteiger partial charge < -0.3 is 15.8 Å². The van der Waals surface area contributed by atoms with E-state index >= 15 is 0 Å². The van der Waals surface area contributed by atoms with E-state index in [1.165, 1.54) is 48.1 Å². The van der Waals surface area contributed by atoms with Gasteiger partial charge >= 0.3 is 0 Å². The van der Waals surface area contributed by atoms with E-state index in [-0.39, 0.29) is 34.9 Å². The zero-order valence-electron chi connectivity index (χ0n) is 17.0. The monoisotopic (exact) mass is 456 g/mol. The van der Waals surface area contributed by atoms with Gasteiger partial charge in [0.05, 0.1) is 18.2 Å². The molecular formula is C20H20N6O5S. The molecule has 1 aromatic carbocycles. The second-order valence-electron chi connectivity index (χ2n) is 7.04. The molecule has 32 heavy (non-hydrogen) atoms. The van der Waals surface area contributed by atoms with E-state index < -0.39 is 21.8 Å². The van der Waals surface area contributed by atoms with Crippen molar-refractivity contribution in [2.45, 2.75) is 17.9 Å². The Morgan fingerprint density at radius 2 is 2.06 bits per heavy atom. The van der Waals surface area contributed by atoms with Crippen molar-refractivity contribution in [3.63, 3.8) is 0 Å². The topological polar surface area (TPSA) is 160 Å². The van der Waals surface area contributed by atoms with Gasteiger partial charge in [-0.1, -0.05) is 0 Å². The van der Waals surface area contributed by atoms with Crippen LogP contribution in [0.25, 0.3) is 0 Å². The molecule has 3 aromatic rings. The van der Waals surface area contributed by atoms with Crippen LogP contribution >= 0.6 is 0 Å². The molecule has 2 amide bonds. The van der Waals surface area contributed by atoms with E-state index in [1.807, 2.05) is 0 Å². The van der Waals surface area contributed by atoms with Crippen LogP contribution in [0, 0.1) is 0 Å². The van der Waals surface area contributed by atoms with Gasteiger partial charge in [0.25, 0.3) is 5.91 Å². The van der Waals surface area contributed by atoms with E-state index in [4.69, 9.17) is 10.5 Å². The number of aromatic amines is 1. The third-order valence-electron chi connectivity index (χ3n) is 5.14. The number of nitrogens with one attached hydrogen (secondary N) is 2. The van der Waals surface area contributed by atoms with Gasteiger partial charge in [-0.25, -0.2) is 8.42 Å². The van der Waals surface area contributed by atoms with Gasteiger partial charge in [0.15, 0.2) is 5.82 Å². The molecule has 0 radical (unpaired) electrons. The van der Waals surface area contributed by atoms with Crippen LogP contribution in [-0.2, 0) is 23.0 Å². The molecule has 11 nitrogen and oxygen atoms in total. The first kappa shape index (κ1) is 21.5. The summed E-state index contributed by atoms with van der Waals surface area (Å²) in [7, 11) is -2.33. The lowest BCUT2D eigenvalue weighted by atomic mass is 10.1. The summed E-state index contributed by atoms with van der Waals surface area (Å²) in [5, 5.41) is 9.62. The Kier molecular flexibility index (Phi) is 5.63. The maximum atomic E-state index is 13.0. The molecule has 0 saturated heterocycles. The number of primary amides is 1. The number of rotatable bonds is 6. The van der Waals surface area contributed by atoms with Gasteiger partial charge in [0.1, 0.15) is 10.6 Å². The third kappa shape index (κ3) is 3.92. The number of ether oxygens (including phenoxy) is 1. The molecular weight excluding hydrogens is 436 g/mol. The molecule has 2 aromatic heterocycles. The molecule has 1 aliphatic heterocycles. The van der Waals surface area contributed by atoms with E-state index in [0.717, 1.165) is 5.69 Å². The summed E-state index contributed by atoms with van der Waals surface area (Å²) >= 11 is 0. The zero-order valence-corrected chi connectivity index (χ0v) is 17.8. The normalized spacial score (nSPS) is 13.9. The number of amides is 2. The lowest BCUT2D eigenvalue weighted by molar-refractivity contribution is 0.0976. The molecule has 3 heterocycles. The molecule has 4 rings (SSSR count). The molecule has 12 heteroatoms. The van der Waals surface area contributed by atoms with E-state index in [0.29, 0.717) is 17.7 Å². The number of benzene rings is 1. The number of sulfonamides is 1. The highest BCUT2D eigenvalue weighted by Crippen LogP contribution is 2.28. The van der Waals surface area contributed by atoms with E-state index in [9.17, 15) is 18.0 Å². The Morgan fingerprint density at radius 1 is 1.25 bits per heavy atom. The van der Waals surface area contributed by atoms with Gasteiger partial charge in [-0.3, -0.25) is 19.7 Å². The van der Waals surface area contributed by atoms with Crippen molar-refractivity contribution in [3.8, 4) is 5.75 Å². The average molecular weight is 456 g/mol. The van der Waals surface area contributed by atoms with Crippen LogP contribution in [0.4, 0.5) is 5.82 Å². The Labute approximate surface area is 183 Å². The number of hydrogen-bond acceptors (Lipinski definition) is 7. The maximum absolute atomic E-state index is 13.0. The number of pyridine rings is 1. The first-order chi connectivity index (χ1) is 15.3. The fraction of sp³-hybridized carbons (Fsp3) is 0.200. The second-order valence-corrected chi connectivity index (χ2v) is 8.97. The summed E-state index contributed by atoms with van der Waals surface area (Å²) in [5.74, 6) is -0.832. The number of aromatic nitrogens is 3. The molecule has 0 unspecified atom stereocenters. The molecule has 0 atom stereocenters. The fourth-order valence-electron chi connectivity index (χ4n) is 3.45. The van der Waals surface area contributed by atoms with Crippen molar-refractivity contribution in [1.29, 1.82) is 0 Å². The van der Waals surface area contributed by atoms with Gasteiger partial charge in [0, 0.05) is 43.2 Å². The van der Waals surface area contributed by atoms with Gasteiger partial charge in [0.2, 0.25) is 15.9 Å². The highest BCUT2D eigenvalue weighted by atomic mass is 32.2. The number of carbonyl (C=O) groups is 2. The van der Waals surface area contributed by atoms with Crippen LogP contribution in [-0.4, -0.2) is 53.4 Å². The molecule has 1 aliphatic rings. The maximum Gasteiger partial charge on any atom is 0.257 e. The van der Waals surface area contributed by atoms with E-state index in [2.05, 4.69) is 20.5 Å². The van der Waals surface area contributed by atoms with Crippen LogP contribution in [0.2, 0.25) is 0 Å². The minimum Gasteiger partial charge on any atom is -0.497 e. The number of H-pyrrole nitrogens is 1. The standard InChI is InChI=1S/C20H20N6O5S/c1-31-12-4-5-14(15(9-12)18(21)27)20(28)23-19-16-11-26(8-6-17(16)24-25-19)32(29,30)13-3-2-7-22-10-13/h2-5,7,9-10H,6,8,11H2,1H3,(H2,21,27)(H2,23,24,25,28). The van der Waals surface area contributed by atoms with Crippen molar-refractivity contribution in [2.75, 3.05) is 19.0 Å². The lowest BCUT2D eigenvalue weighted by Crippen LogP contribution is -2.36. The zero-order chi connectivity index (χ0) is 22.9. The Morgan fingerprint density at radius 3 is 2.75 bits per heavy atom. The summed E-state index contributed by atoms with van der Waals surface area (Å²) in [5.41, 5.74) is 6.72. The number of nitrogens with two attached hydrogens (primary N) is 1. The number of nitrogens with zero attached hydrogens (tertiary/aromatic N) is 3. The van der Waals surface area contributed by atoms with Crippen molar-refractivity contribution in [2.24, 2.45) is 5.73 Å². The minimum absolute atomic E-state index is 0.00737. The molecule has 0 fully saturated rings. The molecule has 166 valence electrons.